The molecule has 2 fully saturated rings. The van der Waals surface area contributed by atoms with E-state index in [0.29, 0.717) is 37.2 Å². The lowest BCUT2D eigenvalue weighted by molar-refractivity contribution is -0.120. The molecule has 9 nitrogen and oxygen atoms in total. The second-order valence-electron chi connectivity index (χ2n) is 14.6. The third kappa shape index (κ3) is 9.40. The minimum Gasteiger partial charge on any atom is -0.444 e. The molecule has 0 unspecified atom stereocenters. The molecule has 276 valence electrons. The highest BCUT2D eigenvalue weighted by Gasteiger charge is 2.43. The highest BCUT2D eigenvalue weighted by atomic mass is 32.2. The molecule has 4 atom stereocenters. The van der Waals surface area contributed by atoms with Crippen molar-refractivity contribution < 1.29 is 36.3 Å². The Morgan fingerprint density at radius 2 is 1.63 bits per heavy atom. The first-order chi connectivity index (χ1) is 24.2. The molecule has 0 radical (unpaired) electrons. The number of carbonyl (C=O) groups excluding carboxylic acids is 2. The van der Waals surface area contributed by atoms with Crippen molar-refractivity contribution in [2.75, 3.05) is 26.3 Å². The van der Waals surface area contributed by atoms with Gasteiger partial charge in [0.1, 0.15) is 17.2 Å². The first kappa shape index (κ1) is 38.5. The molecule has 0 bridgehead atoms. The van der Waals surface area contributed by atoms with E-state index in [2.05, 4.69) is 0 Å². The minimum absolute atomic E-state index is 0.0450. The Labute approximate surface area is 300 Å². The Kier molecular flexibility index (Phi) is 12.3. The van der Waals surface area contributed by atoms with E-state index in [4.69, 9.17) is 15.2 Å². The van der Waals surface area contributed by atoms with Crippen LogP contribution in [0.3, 0.4) is 0 Å². The van der Waals surface area contributed by atoms with Crippen LogP contribution in [0, 0.1) is 17.6 Å². The Morgan fingerprint density at radius 3 is 2.27 bits per heavy atom. The number of ether oxygens (including phenoxy) is 2. The van der Waals surface area contributed by atoms with Crippen LogP contribution >= 0.6 is 0 Å². The van der Waals surface area contributed by atoms with Crippen LogP contribution in [-0.2, 0) is 37.1 Å². The van der Waals surface area contributed by atoms with E-state index >= 15 is 4.39 Å². The molecule has 5 rings (SSSR count). The van der Waals surface area contributed by atoms with E-state index < -0.39 is 45.7 Å². The number of carbonyl (C=O) groups is 2. The van der Waals surface area contributed by atoms with Gasteiger partial charge >= 0.3 is 6.09 Å². The van der Waals surface area contributed by atoms with Gasteiger partial charge in [-0.25, -0.2) is 22.0 Å². The molecule has 51 heavy (non-hydrogen) atoms. The number of hydrogen-bond donors (Lipinski definition) is 1. The number of ketones is 1. The Bertz CT molecular complexity index is 1760. The van der Waals surface area contributed by atoms with E-state index in [1.54, 1.807) is 70.2 Å². The molecule has 2 saturated heterocycles. The zero-order valence-corrected chi connectivity index (χ0v) is 30.6. The summed E-state index contributed by atoms with van der Waals surface area (Å²) in [7, 11) is -3.99. The molecule has 2 aliphatic rings. The van der Waals surface area contributed by atoms with Crippen LogP contribution in [-0.4, -0.2) is 79.5 Å². The topological polar surface area (TPSA) is 119 Å². The summed E-state index contributed by atoms with van der Waals surface area (Å²) in [4.78, 5) is 28.7. The van der Waals surface area contributed by atoms with Gasteiger partial charge in [0.05, 0.1) is 10.9 Å². The normalized spacial score (nSPS) is 20.5. The Balaban J connectivity index is 1.40. The summed E-state index contributed by atoms with van der Waals surface area (Å²) in [5.74, 6) is -1.50. The number of halogens is 2. The SMILES string of the molecule is C[C@H]1CN(C(=O)OC(C)(C)C)C[C@H](CCc2c(F)cccc2CC(=O)[C@@H](N)[C@@H](c2ccc(F)cc2)C2CCOCC2)N1S(=O)(=O)c1ccccc1. The van der Waals surface area contributed by atoms with E-state index in [0.717, 1.165) is 5.56 Å². The molecule has 12 heteroatoms. The summed E-state index contributed by atoms with van der Waals surface area (Å²) in [6.45, 7) is 8.29. The number of nitrogens with zero attached hydrogens (tertiary/aromatic N) is 2. The van der Waals surface area contributed by atoms with Crippen LogP contribution in [0.4, 0.5) is 13.6 Å². The average Bonchev–Trinajstić information content (AvgIpc) is 3.08. The lowest BCUT2D eigenvalue weighted by Crippen LogP contribution is -2.61. The quantitative estimate of drug-likeness (QED) is 0.249. The van der Waals surface area contributed by atoms with Crippen molar-refractivity contribution >= 4 is 21.9 Å². The van der Waals surface area contributed by atoms with Gasteiger partial charge in [-0.3, -0.25) is 4.79 Å². The Hall–Kier alpha value is -3.71. The number of piperazine rings is 1. The molecule has 0 aliphatic carbocycles. The number of sulfonamides is 1. The number of rotatable bonds is 11. The van der Waals surface area contributed by atoms with Crippen LogP contribution in [0.5, 0.6) is 0 Å². The number of amides is 1. The fourth-order valence-corrected chi connectivity index (χ4v) is 9.26. The lowest BCUT2D eigenvalue weighted by Gasteiger charge is -2.44. The molecular formula is C39H49F2N3O6S. The van der Waals surface area contributed by atoms with Gasteiger partial charge in [-0.1, -0.05) is 42.5 Å². The van der Waals surface area contributed by atoms with Crippen LogP contribution in [0.15, 0.2) is 77.7 Å². The van der Waals surface area contributed by atoms with E-state index in [-0.39, 0.29) is 60.7 Å². The number of benzene rings is 3. The maximum absolute atomic E-state index is 15.7. The van der Waals surface area contributed by atoms with Crippen LogP contribution < -0.4 is 5.73 Å². The second-order valence-corrected chi connectivity index (χ2v) is 16.5. The fraction of sp³-hybridized carbons (Fsp3) is 0.487. The molecule has 0 saturated carbocycles. The summed E-state index contributed by atoms with van der Waals surface area (Å²) in [6, 6.07) is 16.5. The van der Waals surface area contributed by atoms with Crippen molar-refractivity contribution in [3.8, 4) is 0 Å². The predicted molar refractivity (Wildman–Crippen MR) is 191 cm³/mol. The van der Waals surface area contributed by atoms with Crippen LogP contribution in [0.1, 0.15) is 69.6 Å². The van der Waals surface area contributed by atoms with E-state index in [1.807, 2.05) is 0 Å². The molecular weight excluding hydrogens is 677 g/mol. The molecule has 2 heterocycles. The van der Waals surface area contributed by atoms with Crippen LogP contribution in [0.2, 0.25) is 0 Å². The van der Waals surface area contributed by atoms with Gasteiger partial charge in [0, 0.05) is 50.7 Å². The van der Waals surface area contributed by atoms with Gasteiger partial charge in [-0.2, -0.15) is 4.31 Å². The third-order valence-electron chi connectivity index (χ3n) is 9.78. The van der Waals surface area contributed by atoms with Crippen LogP contribution in [0.25, 0.3) is 0 Å². The smallest absolute Gasteiger partial charge is 0.410 e. The maximum Gasteiger partial charge on any atom is 0.410 e. The third-order valence-corrected chi connectivity index (χ3v) is 11.9. The van der Waals surface area contributed by atoms with Crippen molar-refractivity contribution in [1.82, 2.24) is 9.21 Å². The second kappa shape index (κ2) is 16.3. The molecule has 1 amide bonds. The zero-order chi connectivity index (χ0) is 36.9. The summed E-state index contributed by atoms with van der Waals surface area (Å²) in [5.41, 5.74) is 7.49. The number of nitrogens with two attached hydrogens (primary N) is 1. The van der Waals surface area contributed by atoms with Gasteiger partial charge in [-0.05, 0) is 106 Å². The summed E-state index contributed by atoms with van der Waals surface area (Å²) < 4.78 is 70.2. The summed E-state index contributed by atoms with van der Waals surface area (Å²) in [6.07, 6.45) is 0.999. The molecule has 2 aliphatic heterocycles. The van der Waals surface area contributed by atoms with Crippen molar-refractivity contribution in [1.29, 1.82) is 0 Å². The van der Waals surface area contributed by atoms with Gasteiger partial charge in [-0.15, -0.1) is 0 Å². The zero-order valence-electron chi connectivity index (χ0n) is 29.8. The van der Waals surface area contributed by atoms with Crippen molar-refractivity contribution in [2.24, 2.45) is 11.7 Å². The van der Waals surface area contributed by atoms with Gasteiger partial charge in [0.15, 0.2) is 5.78 Å². The molecule has 0 aromatic heterocycles. The molecule has 3 aromatic rings. The van der Waals surface area contributed by atoms with E-state index in [9.17, 15) is 22.4 Å². The highest BCUT2D eigenvalue weighted by Crippen LogP contribution is 2.36. The van der Waals surface area contributed by atoms with Gasteiger partial charge in [0.25, 0.3) is 0 Å². The molecule has 0 spiro atoms. The fourth-order valence-electron chi connectivity index (χ4n) is 7.41. The lowest BCUT2D eigenvalue weighted by atomic mass is 9.75. The standard InChI is InChI=1S/C39H49F2N3O6S/c1-26-24-43(38(46)50-39(2,3)4)25-31(44(26)51(47,48)32-10-6-5-7-11-32)17-18-33-29(9-8-12-34(33)41)23-35(45)37(42)36(28-19-21-49-22-20-28)27-13-15-30(40)16-14-27/h5-16,26,28,31,36-37H,17-25,42H2,1-4H3/t26-,31-,36-,37+/m0/s1. The Morgan fingerprint density at radius 1 is 0.961 bits per heavy atom. The maximum atomic E-state index is 15.7. The van der Waals surface area contributed by atoms with E-state index in [1.165, 1.54) is 39.5 Å². The molecule has 2 N–H and O–H groups in total. The summed E-state index contributed by atoms with van der Waals surface area (Å²) in [5, 5.41) is 0. The number of hydrogen-bond acceptors (Lipinski definition) is 7. The van der Waals surface area contributed by atoms with Crippen molar-refractivity contribution in [3.05, 3.63) is 101 Å². The monoisotopic (exact) mass is 725 g/mol. The number of Topliss-reactive ketones (excluding diaryl/α,β-unsaturated/α-hetero) is 1. The predicted octanol–water partition coefficient (Wildman–Crippen LogP) is 6.25. The largest absolute Gasteiger partial charge is 0.444 e. The first-order valence-corrected chi connectivity index (χ1v) is 19.0. The molecule has 3 aromatic carbocycles. The van der Waals surface area contributed by atoms with Crippen molar-refractivity contribution in [3.63, 3.8) is 0 Å². The van der Waals surface area contributed by atoms with Gasteiger partial charge in [0.2, 0.25) is 10.0 Å². The highest BCUT2D eigenvalue weighted by molar-refractivity contribution is 7.89. The summed E-state index contributed by atoms with van der Waals surface area (Å²) >= 11 is 0. The van der Waals surface area contributed by atoms with Crippen molar-refractivity contribution in [2.45, 2.75) is 94.3 Å². The minimum atomic E-state index is -3.99. The average molecular weight is 726 g/mol. The van der Waals surface area contributed by atoms with Gasteiger partial charge < -0.3 is 20.1 Å². The first-order valence-electron chi connectivity index (χ1n) is 17.6.